The van der Waals surface area contributed by atoms with E-state index in [-0.39, 0.29) is 18.9 Å². The van der Waals surface area contributed by atoms with Crippen molar-refractivity contribution in [3.8, 4) is 0 Å². The highest BCUT2D eigenvalue weighted by Crippen LogP contribution is 2.19. The molecule has 0 saturated carbocycles. The largest absolute Gasteiger partial charge is 0.338 e. The van der Waals surface area contributed by atoms with E-state index in [9.17, 15) is 13.2 Å². The molecule has 1 aliphatic heterocycles. The van der Waals surface area contributed by atoms with Gasteiger partial charge in [0.05, 0.1) is 6.54 Å². The number of rotatable bonds is 2. The Morgan fingerprint density at radius 3 is 2.69 bits per heavy atom. The van der Waals surface area contributed by atoms with Crippen molar-refractivity contribution in [2.45, 2.75) is 6.54 Å². The zero-order chi connectivity index (χ0) is 11.5. The minimum absolute atomic E-state index is 0.112. The first-order valence-corrected chi connectivity index (χ1v) is 4.86. The number of benzene rings is 1. The normalized spacial score (nSPS) is 15.8. The monoisotopic (exact) mass is 225 g/mol. The third kappa shape index (κ3) is 2.45. The SMILES string of the molecule is FC1=CC=C(F)N(Cc2cccc(F)c2)C1. The van der Waals surface area contributed by atoms with E-state index in [0.29, 0.717) is 5.56 Å². The Balaban J connectivity index is 2.11. The molecule has 0 saturated heterocycles. The van der Waals surface area contributed by atoms with Gasteiger partial charge in [0.25, 0.3) is 0 Å². The summed E-state index contributed by atoms with van der Waals surface area (Å²) >= 11 is 0. The topological polar surface area (TPSA) is 3.24 Å². The summed E-state index contributed by atoms with van der Waals surface area (Å²) < 4.78 is 39.1. The summed E-state index contributed by atoms with van der Waals surface area (Å²) in [6.45, 7) is 0.0419. The lowest BCUT2D eigenvalue weighted by atomic mass is 10.2. The summed E-state index contributed by atoms with van der Waals surface area (Å²) in [6.07, 6.45) is 2.16. The van der Waals surface area contributed by atoms with Gasteiger partial charge >= 0.3 is 0 Å². The van der Waals surface area contributed by atoms with Crippen LogP contribution < -0.4 is 0 Å². The first kappa shape index (κ1) is 10.8. The number of nitrogens with zero attached hydrogens (tertiary/aromatic N) is 1. The zero-order valence-electron chi connectivity index (χ0n) is 8.46. The third-order valence-electron chi connectivity index (χ3n) is 2.31. The van der Waals surface area contributed by atoms with E-state index in [4.69, 9.17) is 0 Å². The van der Waals surface area contributed by atoms with E-state index in [1.165, 1.54) is 17.0 Å². The Morgan fingerprint density at radius 1 is 1.12 bits per heavy atom. The van der Waals surface area contributed by atoms with E-state index in [2.05, 4.69) is 0 Å². The van der Waals surface area contributed by atoms with Gasteiger partial charge in [-0.25, -0.2) is 8.78 Å². The third-order valence-corrected chi connectivity index (χ3v) is 2.31. The predicted octanol–water partition coefficient (Wildman–Crippen LogP) is 3.31. The van der Waals surface area contributed by atoms with Crippen LogP contribution in [0.15, 0.2) is 48.2 Å². The molecule has 0 aromatic heterocycles. The zero-order valence-corrected chi connectivity index (χ0v) is 8.46. The van der Waals surface area contributed by atoms with Crippen LogP contribution in [-0.4, -0.2) is 11.4 Å². The van der Waals surface area contributed by atoms with Gasteiger partial charge in [0, 0.05) is 6.54 Å². The molecule has 0 aliphatic carbocycles. The molecule has 84 valence electrons. The molecule has 0 atom stereocenters. The van der Waals surface area contributed by atoms with Crippen molar-refractivity contribution in [3.05, 3.63) is 59.6 Å². The van der Waals surface area contributed by atoms with Gasteiger partial charge in [0.15, 0.2) is 5.95 Å². The second-order valence-electron chi connectivity index (χ2n) is 3.59. The molecule has 1 heterocycles. The average molecular weight is 225 g/mol. The summed E-state index contributed by atoms with van der Waals surface area (Å²) in [6, 6.07) is 5.84. The Kier molecular flexibility index (Phi) is 2.99. The van der Waals surface area contributed by atoms with Gasteiger partial charge in [-0.3, -0.25) is 0 Å². The summed E-state index contributed by atoms with van der Waals surface area (Å²) in [5.41, 5.74) is 0.609. The first-order chi connectivity index (χ1) is 7.65. The highest BCUT2D eigenvalue weighted by atomic mass is 19.1. The van der Waals surface area contributed by atoms with Crippen molar-refractivity contribution in [1.82, 2.24) is 4.90 Å². The summed E-state index contributed by atoms with van der Waals surface area (Å²) in [7, 11) is 0. The lowest BCUT2D eigenvalue weighted by Crippen LogP contribution is -2.24. The molecule has 0 fully saturated rings. The highest BCUT2D eigenvalue weighted by molar-refractivity contribution is 5.21. The van der Waals surface area contributed by atoms with Crippen LogP contribution in [0.1, 0.15) is 5.56 Å². The lowest BCUT2D eigenvalue weighted by Gasteiger charge is -2.23. The fourth-order valence-electron chi connectivity index (χ4n) is 1.56. The maximum atomic E-state index is 13.3. The summed E-state index contributed by atoms with van der Waals surface area (Å²) in [5, 5.41) is 0. The molecular weight excluding hydrogens is 215 g/mol. The molecule has 0 N–H and O–H groups in total. The minimum Gasteiger partial charge on any atom is -0.338 e. The van der Waals surface area contributed by atoms with Crippen LogP contribution in [0.3, 0.4) is 0 Å². The van der Waals surface area contributed by atoms with E-state index in [1.807, 2.05) is 0 Å². The molecule has 0 bridgehead atoms. The van der Waals surface area contributed by atoms with E-state index in [1.54, 1.807) is 12.1 Å². The van der Waals surface area contributed by atoms with Crippen LogP contribution in [0.2, 0.25) is 0 Å². The fourth-order valence-corrected chi connectivity index (χ4v) is 1.56. The summed E-state index contributed by atoms with van der Waals surface area (Å²) in [5.74, 6) is -1.29. The van der Waals surface area contributed by atoms with Gasteiger partial charge < -0.3 is 4.90 Å². The molecule has 1 aliphatic rings. The quantitative estimate of drug-likeness (QED) is 0.698. The van der Waals surface area contributed by atoms with Gasteiger partial charge in [0.2, 0.25) is 0 Å². The van der Waals surface area contributed by atoms with Crippen molar-refractivity contribution >= 4 is 0 Å². The summed E-state index contributed by atoms with van der Waals surface area (Å²) in [4.78, 5) is 1.21. The number of hydrogen-bond donors (Lipinski definition) is 0. The molecule has 16 heavy (non-hydrogen) atoms. The maximum absolute atomic E-state index is 13.3. The fraction of sp³-hybridized carbons (Fsp3) is 0.167. The Morgan fingerprint density at radius 2 is 1.94 bits per heavy atom. The molecule has 2 rings (SSSR count). The van der Waals surface area contributed by atoms with Gasteiger partial charge in [0.1, 0.15) is 11.6 Å². The van der Waals surface area contributed by atoms with E-state index < -0.39 is 11.8 Å². The van der Waals surface area contributed by atoms with Gasteiger partial charge in [-0.2, -0.15) is 4.39 Å². The van der Waals surface area contributed by atoms with Gasteiger partial charge in [-0.15, -0.1) is 0 Å². The van der Waals surface area contributed by atoms with Crippen LogP contribution >= 0.6 is 0 Å². The smallest absolute Gasteiger partial charge is 0.190 e. The molecular formula is C12H10F3N. The maximum Gasteiger partial charge on any atom is 0.190 e. The number of allylic oxidation sites excluding steroid dienone is 2. The Bertz CT molecular complexity index is 451. The van der Waals surface area contributed by atoms with Gasteiger partial charge in [-0.1, -0.05) is 12.1 Å². The van der Waals surface area contributed by atoms with Crippen molar-refractivity contribution in [3.63, 3.8) is 0 Å². The standard InChI is InChI=1S/C12H10F3N/c13-10-3-1-2-9(6-10)7-16-8-11(14)4-5-12(16)15/h1-6H,7-8H2. The minimum atomic E-state index is -0.509. The molecule has 0 radical (unpaired) electrons. The average Bonchev–Trinajstić information content (AvgIpc) is 2.24. The number of halogens is 3. The van der Waals surface area contributed by atoms with Crippen LogP contribution in [0.25, 0.3) is 0 Å². The van der Waals surface area contributed by atoms with Crippen LogP contribution in [0, 0.1) is 5.82 Å². The highest BCUT2D eigenvalue weighted by Gasteiger charge is 2.15. The van der Waals surface area contributed by atoms with E-state index in [0.717, 1.165) is 12.2 Å². The molecule has 1 nitrogen and oxygen atoms in total. The van der Waals surface area contributed by atoms with Crippen molar-refractivity contribution in [2.24, 2.45) is 0 Å². The van der Waals surface area contributed by atoms with Crippen LogP contribution in [0.5, 0.6) is 0 Å². The van der Waals surface area contributed by atoms with Crippen molar-refractivity contribution in [1.29, 1.82) is 0 Å². The molecule has 0 spiro atoms. The Hall–Kier alpha value is -1.71. The second kappa shape index (κ2) is 4.43. The van der Waals surface area contributed by atoms with Crippen molar-refractivity contribution in [2.75, 3.05) is 6.54 Å². The molecule has 1 aromatic carbocycles. The molecule has 1 aromatic rings. The first-order valence-electron chi connectivity index (χ1n) is 4.86. The molecule has 4 heteroatoms. The van der Waals surface area contributed by atoms with Crippen molar-refractivity contribution < 1.29 is 13.2 Å². The van der Waals surface area contributed by atoms with Gasteiger partial charge in [-0.05, 0) is 29.8 Å². The van der Waals surface area contributed by atoms with Crippen LogP contribution in [0.4, 0.5) is 13.2 Å². The van der Waals surface area contributed by atoms with E-state index >= 15 is 0 Å². The molecule has 0 unspecified atom stereocenters. The Labute approximate surface area is 91.5 Å². The lowest BCUT2D eigenvalue weighted by molar-refractivity contribution is 0.259. The number of hydrogen-bond acceptors (Lipinski definition) is 1. The molecule has 0 amide bonds. The second-order valence-corrected chi connectivity index (χ2v) is 3.59. The predicted molar refractivity (Wildman–Crippen MR) is 55.2 cm³/mol. The van der Waals surface area contributed by atoms with Crippen LogP contribution in [-0.2, 0) is 6.54 Å².